The lowest BCUT2D eigenvalue weighted by atomic mass is 10.5. The summed E-state index contributed by atoms with van der Waals surface area (Å²) in [6, 6.07) is 1.79. The highest BCUT2D eigenvalue weighted by Gasteiger charge is 2.15. The number of H-pyrrole nitrogens is 1. The minimum absolute atomic E-state index is 0.0493. The van der Waals surface area contributed by atoms with Crippen molar-refractivity contribution in [3.05, 3.63) is 36.2 Å². The van der Waals surface area contributed by atoms with Crippen molar-refractivity contribution in [3.63, 3.8) is 0 Å². The summed E-state index contributed by atoms with van der Waals surface area (Å²) in [5.41, 5.74) is 0.851. The molecule has 0 saturated heterocycles. The van der Waals surface area contributed by atoms with Crippen LogP contribution in [0.25, 0.3) is 5.78 Å². The third-order valence-electron chi connectivity index (χ3n) is 2.36. The molecule has 3 aromatic heterocycles. The fourth-order valence-electron chi connectivity index (χ4n) is 1.50. The molecule has 8 heteroatoms. The standard InChI is InChI=1S/C10H9N7O/c1-6-2-3-13-10-14-7(16-17(6)10)8(18)15-9-11-4-5-12-9/h2-5H,1H3,(H2,11,12,15,18). The highest BCUT2D eigenvalue weighted by atomic mass is 16.2. The molecule has 0 radical (unpaired) electrons. The number of aryl methyl sites for hydroxylation is 1. The molecule has 0 fully saturated rings. The molecule has 8 nitrogen and oxygen atoms in total. The van der Waals surface area contributed by atoms with Gasteiger partial charge in [0.05, 0.1) is 0 Å². The third kappa shape index (κ3) is 1.69. The number of carbonyl (C=O) groups excluding carboxylic acids is 1. The summed E-state index contributed by atoms with van der Waals surface area (Å²) in [5, 5.41) is 6.63. The largest absolute Gasteiger partial charge is 0.331 e. The van der Waals surface area contributed by atoms with Gasteiger partial charge in [0.2, 0.25) is 11.8 Å². The van der Waals surface area contributed by atoms with Gasteiger partial charge >= 0.3 is 0 Å². The van der Waals surface area contributed by atoms with Crippen LogP contribution in [0.15, 0.2) is 24.7 Å². The van der Waals surface area contributed by atoms with Crippen molar-refractivity contribution in [2.24, 2.45) is 0 Å². The number of hydrogen-bond donors (Lipinski definition) is 2. The molecular formula is C10H9N7O. The summed E-state index contributed by atoms with van der Waals surface area (Å²) in [6.07, 6.45) is 4.77. The molecule has 0 aliphatic rings. The van der Waals surface area contributed by atoms with E-state index >= 15 is 0 Å². The van der Waals surface area contributed by atoms with E-state index in [1.807, 2.05) is 6.92 Å². The summed E-state index contributed by atoms with van der Waals surface area (Å²) in [6.45, 7) is 1.86. The van der Waals surface area contributed by atoms with Gasteiger partial charge in [0.15, 0.2) is 0 Å². The Bertz CT molecular complexity index is 700. The Hall–Kier alpha value is -2.77. The lowest BCUT2D eigenvalue weighted by Crippen LogP contribution is -2.14. The van der Waals surface area contributed by atoms with Gasteiger partial charge in [0.25, 0.3) is 11.7 Å². The number of aromatic amines is 1. The minimum Gasteiger partial charge on any atom is -0.331 e. The lowest BCUT2D eigenvalue weighted by Gasteiger charge is -1.96. The van der Waals surface area contributed by atoms with Gasteiger partial charge < -0.3 is 4.98 Å². The van der Waals surface area contributed by atoms with Gasteiger partial charge in [0.1, 0.15) is 0 Å². The van der Waals surface area contributed by atoms with Gasteiger partial charge in [-0.15, -0.1) is 5.10 Å². The van der Waals surface area contributed by atoms with Crippen molar-refractivity contribution in [1.29, 1.82) is 0 Å². The molecule has 2 N–H and O–H groups in total. The summed E-state index contributed by atoms with van der Waals surface area (Å²) < 4.78 is 1.51. The predicted octanol–water partition coefficient (Wildman–Crippen LogP) is 0.408. The SMILES string of the molecule is Cc1ccnc2nc(C(=O)Nc3ncc[nH]3)nn12. The summed E-state index contributed by atoms with van der Waals surface area (Å²) in [5.74, 6) is 0.353. The maximum atomic E-state index is 11.9. The smallest absolute Gasteiger partial charge is 0.297 e. The Balaban J connectivity index is 1.94. The number of imidazole rings is 1. The third-order valence-corrected chi connectivity index (χ3v) is 2.36. The number of nitrogens with one attached hydrogen (secondary N) is 2. The van der Waals surface area contributed by atoms with Crippen LogP contribution in [0.3, 0.4) is 0 Å². The molecule has 1 amide bonds. The first-order valence-corrected chi connectivity index (χ1v) is 5.23. The molecule has 0 atom stereocenters. The van der Waals surface area contributed by atoms with Crippen molar-refractivity contribution < 1.29 is 4.79 Å². The normalized spacial score (nSPS) is 10.7. The number of hydrogen-bond acceptors (Lipinski definition) is 5. The first-order chi connectivity index (χ1) is 8.74. The lowest BCUT2D eigenvalue weighted by molar-refractivity contribution is 0.101. The van der Waals surface area contributed by atoms with Crippen LogP contribution in [0.2, 0.25) is 0 Å². The maximum absolute atomic E-state index is 11.9. The average Bonchev–Trinajstić information content (AvgIpc) is 2.97. The summed E-state index contributed by atoms with van der Waals surface area (Å²) in [7, 11) is 0. The van der Waals surface area contributed by atoms with Crippen LogP contribution in [0.4, 0.5) is 5.95 Å². The van der Waals surface area contributed by atoms with Gasteiger partial charge in [-0.3, -0.25) is 10.1 Å². The second-order valence-corrected chi connectivity index (χ2v) is 3.63. The van der Waals surface area contributed by atoms with Crippen molar-refractivity contribution in [3.8, 4) is 0 Å². The second-order valence-electron chi connectivity index (χ2n) is 3.63. The van der Waals surface area contributed by atoms with E-state index in [2.05, 4.69) is 30.4 Å². The van der Waals surface area contributed by atoms with Gasteiger partial charge in [-0.2, -0.15) is 4.98 Å². The van der Waals surface area contributed by atoms with E-state index in [0.29, 0.717) is 11.7 Å². The first kappa shape index (κ1) is 10.4. The van der Waals surface area contributed by atoms with Crippen LogP contribution in [-0.2, 0) is 0 Å². The molecule has 3 rings (SSSR count). The van der Waals surface area contributed by atoms with Crippen molar-refractivity contribution in [2.75, 3.05) is 5.32 Å². The predicted molar refractivity (Wildman–Crippen MR) is 62.1 cm³/mol. The quantitative estimate of drug-likeness (QED) is 0.678. The summed E-state index contributed by atoms with van der Waals surface area (Å²) in [4.78, 5) is 26.6. The Morgan fingerprint density at radius 1 is 1.39 bits per heavy atom. The molecule has 18 heavy (non-hydrogen) atoms. The van der Waals surface area contributed by atoms with E-state index in [1.165, 1.54) is 4.52 Å². The van der Waals surface area contributed by atoms with E-state index < -0.39 is 5.91 Å². The van der Waals surface area contributed by atoms with E-state index in [9.17, 15) is 4.79 Å². The Morgan fingerprint density at radius 2 is 2.28 bits per heavy atom. The molecule has 0 unspecified atom stereocenters. The Morgan fingerprint density at radius 3 is 3.00 bits per heavy atom. The number of anilines is 1. The van der Waals surface area contributed by atoms with Gasteiger partial charge in [-0.25, -0.2) is 14.5 Å². The fourth-order valence-corrected chi connectivity index (χ4v) is 1.50. The first-order valence-electron chi connectivity index (χ1n) is 5.23. The number of rotatable bonds is 2. The molecule has 0 bridgehead atoms. The Labute approximate surface area is 101 Å². The number of carbonyl (C=O) groups is 1. The molecule has 3 aromatic rings. The van der Waals surface area contributed by atoms with Crippen LogP contribution in [0.5, 0.6) is 0 Å². The number of amides is 1. The molecular weight excluding hydrogens is 234 g/mol. The van der Waals surface area contributed by atoms with Crippen LogP contribution in [-0.4, -0.2) is 35.5 Å². The van der Waals surface area contributed by atoms with Crippen molar-refractivity contribution >= 4 is 17.6 Å². The summed E-state index contributed by atoms with van der Waals surface area (Å²) >= 11 is 0. The van der Waals surface area contributed by atoms with Crippen LogP contribution in [0.1, 0.15) is 16.3 Å². The Kier molecular flexibility index (Phi) is 2.26. The zero-order valence-electron chi connectivity index (χ0n) is 9.45. The molecule has 3 heterocycles. The van der Waals surface area contributed by atoms with Crippen LogP contribution in [0, 0.1) is 6.92 Å². The number of nitrogens with zero attached hydrogens (tertiary/aromatic N) is 5. The van der Waals surface area contributed by atoms with Crippen molar-refractivity contribution in [2.45, 2.75) is 6.92 Å². The van der Waals surface area contributed by atoms with Crippen LogP contribution >= 0.6 is 0 Å². The average molecular weight is 243 g/mol. The number of fused-ring (bicyclic) bond motifs is 1. The number of aromatic nitrogens is 6. The van der Waals surface area contributed by atoms with Gasteiger partial charge in [0, 0.05) is 24.3 Å². The van der Waals surface area contributed by atoms with E-state index in [4.69, 9.17) is 0 Å². The second kappa shape index (κ2) is 3.91. The molecule has 90 valence electrons. The zero-order chi connectivity index (χ0) is 12.5. The highest BCUT2D eigenvalue weighted by Crippen LogP contribution is 2.04. The monoisotopic (exact) mass is 243 g/mol. The molecule has 0 aromatic carbocycles. The van der Waals surface area contributed by atoms with E-state index in [-0.39, 0.29) is 5.82 Å². The van der Waals surface area contributed by atoms with Crippen molar-refractivity contribution in [1.82, 2.24) is 29.5 Å². The van der Waals surface area contributed by atoms with E-state index in [0.717, 1.165) is 5.69 Å². The van der Waals surface area contributed by atoms with E-state index in [1.54, 1.807) is 24.7 Å². The molecule has 0 aliphatic heterocycles. The minimum atomic E-state index is -0.435. The highest BCUT2D eigenvalue weighted by molar-refractivity contribution is 6.00. The molecule has 0 aliphatic carbocycles. The molecule has 0 spiro atoms. The zero-order valence-corrected chi connectivity index (χ0v) is 9.45. The van der Waals surface area contributed by atoms with Gasteiger partial charge in [-0.1, -0.05) is 0 Å². The fraction of sp³-hybridized carbons (Fsp3) is 0.100. The topological polar surface area (TPSA) is 101 Å². The van der Waals surface area contributed by atoms with Crippen LogP contribution < -0.4 is 5.32 Å². The maximum Gasteiger partial charge on any atom is 0.297 e. The molecule has 0 saturated carbocycles. The van der Waals surface area contributed by atoms with Gasteiger partial charge in [-0.05, 0) is 13.0 Å².